The molecule has 2 aliphatic rings. The van der Waals surface area contributed by atoms with Gasteiger partial charge in [-0.15, -0.1) is 0 Å². The predicted molar refractivity (Wildman–Crippen MR) is 58.6 cm³/mol. The minimum atomic E-state index is -0.0161. The van der Waals surface area contributed by atoms with Crippen LogP contribution in [-0.4, -0.2) is 21.7 Å². The van der Waals surface area contributed by atoms with Crippen LogP contribution in [0.3, 0.4) is 0 Å². The molecule has 1 aromatic rings. The summed E-state index contributed by atoms with van der Waals surface area (Å²) in [5.74, 6) is 0.670. The lowest BCUT2D eigenvalue weighted by atomic mass is 10.0. The maximum Gasteiger partial charge on any atom is 0.269 e. The third-order valence-electron chi connectivity index (χ3n) is 3.20. The number of rotatable bonds is 1. The summed E-state index contributed by atoms with van der Waals surface area (Å²) in [6, 6.07) is 2.31. The van der Waals surface area contributed by atoms with Gasteiger partial charge in [0.15, 0.2) is 0 Å². The molecule has 15 heavy (non-hydrogen) atoms. The van der Waals surface area contributed by atoms with Crippen LogP contribution >= 0.6 is 15.9 Å². The third-order valence-corrected chi connectivity index (χ3v) is 3.58. The fourth-order valence-electron chi connectivity index (χ4n) is 2.39. The summed E-state index contributed by atoms with van der Waals surface area (Å²) in [6.45, 7) is 2.05. The SMILES string of the molecule is CC1NC(=O)c2cc(Br)nn2C1C1CC1. The Morgan fingerprint density at radius 1 is 1.60 bits per heavy atom. The van der Waals surface area contributed by atoms with Gasteiger partial charge in [0.05, 0.1) is 6.04 Å². The molecule has 1 aliphatic heterocycles. The second kappa shape index (κ2) is 3.07. The highest BCUT2D eigenvalue weighted by Gasteiger charge is 2.41. The maximum absolute atomic E-state index is 11.7. The molecular weight excluding hydrogens is 258 g/mol. The third kappa shape index (κ3) is 1.40. The van der Waals surface area contributed by atoms with Gasteiger partial charge in [0.1, 0.15) is 10.3 Å². The molecule has 1 aliphatic carbocycles. The first-order valence-corrected chi connectivity index (χ1v) is 6.02. The monoisotopic (exact) mass is 269 g/mol. The van der Waals surface area contributed by atoms with Crippen LogP contribution in [0, 0.1) is 5.92 Å². The molecule has 1 saturated carbocycles. The summed E-state index contributed by atoms with van der Waals surface area (Å²) in [6.07, 6.45) is 2.50. The van der Waals surface area contributed by atoms with Gasteiger partial charge in [0.2, 0.25) is 0 Å². The van der Waals surface area contributed by atoms with E-state index >= 15 is 0 Å². The van der Waals surface area contributed by atoms with E-state index < -0.39 is 0 Å². The number of nitrogens with one attached hydrogen (secondary N) is 1. The number of halogens is 1. The second-order valence-electron chi connectivity index (χ2n) is 4.39. The molecule has 2 heterocycles. The van der Waals surface area contributed by atoms with Crippen LogP contribution in [-0.2, 0) is 0 Å². The number of carbonyl (C=O) groups is 1. The van der Waals surface area contributed by atoms with E-state index in [0.717, 1.165) is 4.60 Å². The average molecular weight is 270 g/mol. The summed E-state index contributed by atoms with van der Waals surface area (Å²) in [7, 11) is 0. The molecule has 0 saturated heterocycles. The first kappa shape index (κ1) is 9.39. The smallest absolute Gasteiger partial charge is 0.269 e. The van der Waals surface area contributed by atoms with Crippen molar-refractivity contribution in [1.82, 2.24) is 15.1 Å². The van der Waals surface area contributed by atoms with Gasteiger partial charge in [0.25, 0.3) is 5.91 Å². The number of fused-ring (bicyclic) bond motifs is 1. The first-order valence-electron chi connectivity index (χ1n) is 5.23. The second-order valence-corrected chi connectivity index (χ2v) is 5.20. The van der Waals surface area contributed by atoms with Crippen LogP contribution in [0.15, 0.2) is 10.7 Å². The van der Waals surface area contributed by atoms with Gasteiger partial charge >= 0.3 is 0 Å². The Labute approximate surface area is 96.2 Å². The van der Waals surface area contributed by atoms with Crippen molar-refractivity contribution in [2.24, 2.45) is 5.92 Å². The van der Waals surface area contributed by atoms with E-state index in [4.69, 9.17) is 0 Å². The van der Waals surface area contributed by atoms with Crippen LogP contribution in [0.4, 0.5) is 0 Å². The van der Waals surface area contributed by atoms with Crippen molar-refractivity contribution in [3.8, 4) is 0 Å². The van der Waals surface area contributed by atoms with Crippen LogP contribution in [0.25, 0.3) is 0 Å². The van der Waals surface area contributed by atoms with Gasteiger partial charge in [-0.1, -0.05) is 0 Å². The maximum atomic E-state index is 11.7. The fraction of sp³-hybridized carbons (Fsp3) is 0.600. The molecule has 1 amide bonds. The lowest BCUT2D eigenvalue weighted by Crippen LogP contribution is -2.46. The highest BCUT2D eigenvalue weighted by atomic mass is 79.9. The Hall–Kier alpha value is -0.840. The molecule has 80 valence electrons. The van der Waals surface area contributed by atoms with Crippen molar-refractivity contribution in [2.75, 3.05) is 0 Å². The summed E-state index contributed by atoms with van der Waals surface area (Å²) >= 11 is 3.32. The van der Waals surface area contributed by atoms with E-state index in [9.17, 15) is 4.79 Å². The summed E-state index contributed by atoms with van der Waals surface area (Å²) < 4.78 is 2.64. The van der Waals surface area contributed by atoms with Crippen molar-refractivity contribution < 1.29 is 4.79 Å². The predicted octanol–water partition coefficient (Wildman–Crippen LogP) is 1.73. The van der Waals surface area contributed by atoms with E-state index in [1.54, 1.807) is 6.07 Å². The Balaban J connectivity index is 2.09. The van der Waals surface area contributed by atoms with E-state index in [2.05, 4.69) is 33.3 Å². The number of carbonyl (C=O) groups excluding carboxylic acids is 1. The van der Waals surface area contributed by atoms with Gasteiger partial charge in [0, 0.05) is 12.1 Å². The number of hydrogen-bond donors (Lipinski definition) is 1. The van der Waals surface area contributed by atoms with Gasteiger partial charge in [-0.2, -0.15) is 5.10 Å². The van der Waals surface area contributed by atoms with Crippen LogP contribution < -0.4 is 5.32 Å². The van der Waals surface area contributed by atoms with Crippen molar-refractivity contribution in [1.29, 1.82) is 0 Å². The standard InChI is InChI=1S/C10H12BrN3O/c1-5-9(6-2-3-6)14-7(10(15)12-5)4-8(11)13-14/h4-6,9H,2-3H2,1H3,(H,12,15). The van der Waals surface area contributed by atoms with Gasteiger partial charge in [-0.25, -0.2) is 0 Å². The van der Waals surface area contributed by atoms with Gasteiger partial charge in [-0.3, -0.25) is 9.48 Å². The normalized spacial score (nSPS) is 29.9. The molecule has 2 unspecified atom stereocenters. The number of nitrogens with zero attached hydrogens (tertiary/aromatic N) is 2. The van der Waals surface area contributed by atoms with Crippen molar-refractivity contribution in [3.63, 3.8) is 0 Å². The Kier molecular flexibility index (Phi) is 1.92. The zero-order valence-corrected chi connectivity index (χ0v) is 9.99. The van der Waals surface area contributed by atoms with E-state index in [1.807, 2.05) is 4.68 Å². The molecule has 1 aromatic heterocycles. The van der Waals surface area contributed by atoms with Crippen LogP contribution in [0.1, 0.15) is 36.3 Å². The average Bonchev–Trinajstić information content (AvgIpc) is 2.89. The molecule has 0 spiro atoms. The molecule has 3 rings (SSSR count). The molecule has 0 radical (unpaired) electrons. The minimum Gasteiger partial charge on any atom is -0.346 e. The quantitative estimate of drug-likeness (QED) is 0.844. The highest BCUT2D eigenvalue weighted by Crippen LogP contribution is 2.43. The highest BCUT2D eigenvalue weighted by molar-refractivity contribution is 9.10. The molecule has 0 aromatic carbocycles. The Morgan fingerprint density at radius 2 is 2.33 bits per heavy atom. The van der Waals surface area contributed by atoms with E-state index in [1.165, 1.54) is 12.8 Å². The zero-order valence-electron chi connectivity index (χ0n) is 8.40. The largest absolute Gasteiger partial charge is 0.346 e. The molecule has 4 nitrogen and oxygen atoms in total. The summed E-state index contributed by atoms with van der Waals surface area (Å²) in [5.41, 5.74) is 0.678. The molecule has 0 bridgehead atoms. The molecule has 2 atom stereocenters. The zero-order chi connectivity index (χ0) is 10.6. The Morgan fingerprint density at radius 3 is 3.00 bits per heavy atom. The molecule has 1 fully saturated rings. The molecule has 5 heteroatoms. The number of amides is 1. The van der Waals surface area contributed by atoms with Gasteiger partial charge in [-0.05, 0) is 41.6 Å². The number of hydrogen-bond acceptors (Lipinski definition) is 2. The van der Waals surface area contributed by atoms with Crippen molar-refractivity contribution >= 4 is 21.8 Å². The number of aromatic nitrogens is 2. The molecular formula is C10H12BrN3O. The fourth-order valence-corrected chi connectivity index (χ4v) is 2.77. The van der Waals surface area contributed by atoms with Crippen molar-refractivity contribution in [2.45, 2.75) is 31.8 Å². The Bertz CT molecular complexity index is 424. The van der Waals surface area contributed by atoms with Crippen LogP contribution in [0.2, 0.25) is 0 Å². The van der Waals surface area contributed by atoms with Crippen molar-refractivity contribution in [3.05, 3.63) is 16.4 Å². The first-order chi connectivity index (χ1) is 7.16. The lowest BCUT2D eigenvalue weighted by molar-refractivity contribution is 0.0868. The summed E-state index contributed by atoms with van der Waals surface area (Å²) in [4.78, 5) is 11.7. The van der Waals surface area contributed by atoms with Gasteiger partial charge < -0.3 is 5.32 Å². The lowest BCUT2D eigenvalue weighted by Gasteiger charge is -2.31. The van der Waals surface area contributed by atoms with E-state index in [0.29, 0.717) is 17.7 Å². The topological polar surface area (TPSA) is 46.9 Å². The minimum absolute atomic E-state index is 0.0161. The van der Waals surface area contributed by atoms with E-state index in [-0.39, 0.29) is 11.9 Å². The molecule has 1 N–H and O–H groups in total. The summed E-state index contributed by atoms with van der Waals surface area (Å²) in [5, 5.41) is 7.37. The van der Waals surface area contributed by atoms with Crippen LogP contribution in [0.5, 0.6) is 0 Å².